The second kappa shape index (κ2) is 8.21. The van der Waals surface area contributed by atoms with Crippen LogP contribution < -0.4 is 5.32 Å². The molecule has 1 aromatic heterocycles. The fourth-order valence-electron chi connectivity index (χ4n) is 2.62. The molecule has 0 aliphatic heterocycles. The minimum absolute atomic E-state index is 0.0229. The van der Waals surface area contributed by atoms with Gasteiger partial charge < -0.3 is 10.4 Å². The number of hydrogen-bond acceptors (Lipinski definition) is 3. The zero-order valence-electron chi connectivity index (χ0n) is 12.5. The number of thiophene rings is 1. The number of carbonyl (C=O) groups is 1. The standard InChI is InChI=1S/C17H23NO2S/c1-13-5-4-6-14(9-8-13)18-17(20)16-11-10-15(21-16)7-2-3-12-19/h10-11,13-14,19H,3-6,8-9,12H2,1H3,(H,18,20). The van der Waals surface area contributed by atoms with E-state index in [4.69, 9.17) is 5.11 Å². The third kappa shape index (κ3) is 5.18. The van der Waals surface area contributed by atoms with E-state index in [-0.39, 0.29) is 12.5 Å². The summed E-state index contributed by atoms with van der Waals surface area (Å²) in [4.78, 5) is 13.9. The molecule has 1 aliphatic rings. The molecule has 114 valence electrons. The van der Waals surface area contributed by atoms with Crippen LogP contribution in [0.2, 0.25) is 0 Å². The Bertz CT molecular complexity index is 526. The average Bonchev–Trinajstić information content (AvgIpc) is 2.84. The quantitative estimate of drug-likeness (QED) is 0.665. The van der Waals surface area contributed by atoms with Crippen molar-refractivity contribution in [3.05, 3.63) is 21.9 Å². The molecule has 21 heavy (non-hydrogen) atoms. The van der Waals surface area contributed by atoms with E-state index in [0.717, 1.165) is 28.5 Å². The molecule has 1 amide bonds. The number of carbonyl (C=O) groups excluding carboxylic acids is 1. The SMILES string of the molecule is CC1CCCC(NC(=O)c2ccc(C#CCCO)s2)CC1. The lowest BCUT2D eigenvalue weighted by Crippen LogP contribution is -2.33. The Balaban J connectivity index is 1.90. The fourth-order valence-corrected chi connectivity index (χ4v) is 3.40. The molecule has 2 rings (SSSR count). The minimum Gasteiger partial charge on any atom is -0.395 e. The third-order valence-corrected chi connectivity index (χ3v) is 4.87. The van der Waals surface area contributed by atoms with Crippen LogP contribution in [0.25, 0.3) is 0 Å². The predicted molar refractivity (Wildman–Crippen MR) is 86.4 cm³/mol. The van der Waals surface area contributed by atoms with Gasteiger partial charge in [0.2, 0.25) is 0 Å². The number of aliphatic hydroxyl groups excluding tert-OH is 1. The summed E-state index contributed by atoms with van der Waals surface area (Å²) in [6.07, 6.45) is 6.32. The molecule has 0 saturated heterocycles. The maximum atomic E-state index is 12.3. The topological polar surface area (TPSA) is 49.3 Å². The maximum Gasteiger partial charge on any atom is 0.261 e. The van der Waals surface area contributed by atoms with Crippen molar-refractivity contribution in [3.63, 3.8) is 0 Å². The summed E-state index contributed by atoms with van der Waals surface area (Å²) in [7, 11) is 0. The molecule has 1 aliphatic carbocycles. The van der Waals surface area contributed by atoms with Crippen molar-refractivity contribution in [2.24, 2.45) is 5.92 Å². The third-order valence-electron chi connectivity index (χ3n) is 3.87. The Morgan fingerprint density at radius 3 is 3.05 bits per heavy atom. The Hall–Kier alpha value is -1.31. The van der Waals surface area contributed by atoms with Crippen molar-refractivity contribution in [1.29, 1.82) is 0 Å². The molecule has 1 saturated carbocycles. The maximum absolute atomic E-state index is 12.3. The van der Waals surface area contributed by atoms with Gasteiger partial charge in [-0.1, -0.05) is 31.6 Å². The first-order valence-electron chi connectivity index (χ1n) is 7.69. The van der Waals surface area contributed by atoms with Gasteiger partial charge >= 0.3 is 0 Å². The lowest BCUT2D eigenvalue weighted by Gasteiger charge is -2.15. The van der Waals surface area contributed by atoms with Crippen LogP contribution >= 0.6 is 11.3 Å². The number of aliphatic hydroxyl groups is 1. The van der Waals surface area contributed by atoms with Crippen molar-refractivity contribution in [1.82, 2.24) is 5.32 Å². The van der Waals surface area contributed by atoms with Gasteiger partial charge in [-0.05, 0) is 37.3 Å². The molecule has 2 atom stereocenters. The van der Waals surface area contributed by atoms with E-state index in [2.05, 4.69) is 24.1 Å². The summed E-state index contributed by atoms with van der Waals surface area (Å²) in [5.41, 5.74) is 0. The molecule has 1 fully saturated rings. The summed E-state index contributed by atoms with van der Waals surface area (Å²) >= 11 is 1.42. The molecule has 4 heteroatoms. The summed E-state index contributed by atoms with van der Waals surface area (Å²) in [5, 5.41) is 11.9. The predicted octanol–water partition coefficient (Wildman–Crippen LogP) is 3.18. The van der Waals surface area contributed by atoms with Crippen molar-refractivity contribution in [2.75, 3.05) is 6.61 Å². The van der Waals surface area contributed by atoms with Gasteiger partial charge in [0.15, 0.2) is 0 Å². The van der Waals surface area contributed by atoms with Crippen molar-refractivity contribution in [3.8, 4) is 11.8 Å². The highest BCUT2D eigenvalue weighted by Crippen LogP contribution is 2.23. The normalized spacial score (nSPS) is 22.0. The van der Waals surface area contributed by atoms with E-state index in [1.54, 1.807) is 0 Å². The molecule has 0 aromatic carbocycles. The Labute approximate surface area is 130 Å². The lowest BCUT2D eigenvalue weighted by molar-refractivity contribution is 0.0937. The Morgan fingerprint density at radius 2 is 2.24 bits per heavy atom. The fraction of sp³-hybridized carbons (Fsp3) is 0.588. The lowest BCUT2D eigenvalue weighted by atomic mass is 10.0. The first-order chi connectivity index (χ1) is 10.2. The molecule has 0 spiro atoms. The van der Waals surface area contributed by atoms with Gasteiger partial charge in [-0.15, -0.1) is 11.3 Å². The monoisotopic (exact) mass is 305 g/mol. The summed E-state index contributed by atoms with van der Waals surface area (Å²) in [6, 6.07) is 4.02. The first kappa shape index (κ1) is 16.1. The molecular formula is C17H23NO2S. The molecule has 3 nitrogen and oxygen atoms in total. The van der Waals surface area contributed by atoms with Crippen LogP contribution in [0, 0.1) is 17.8 Å². The second-order valence-corrected chi connectivity index (χ2v) is 6.81. The van der Waals surface area contributed by atoms with Crippen molar-refractivity contribution >= 4 is 17.2 Å². The summed E-state index contributed by atoms with van der Waals surface area (Å²) < 4.78 is 0. The van der Waals surface area contributed by atoms with E-state index in [1.165, 1.54) is 30.6 Å². The van der Waals surface area contributed by atoms with Crippen LogP contribution in [0.4, 0.5) is 0 Å². The van der Waals surface area contributed by atoms with Gasteiger partial charge in [0.1, 0.15) is 0 Å². The zero-order valence-corrected chi connectivity index (χ0v) is 13.3. The highest BCUT2D eigenvalue weighted by molar-refractivity contribution is 7.14. The minimum atomic E-state index is 0.0229. The molecule has 1 heterocycles. The second-order valence-electron chi connectivity index (χ2n) is 5.72. The number of rotatable bonds is 3. The molecular weight excluding hydrogens is 282 g/mol. The Morgan fingerprint density at radius 1 is 1.38 bits per heavy atom. The Kier molecular flexibility index (Phi) is 6.28. The smallest absolute Gasteiger partial charge is 0.261 e. The summed E-state index contributed by atoms with van der Waals surface area (Å²) in [5.74, 6) is 6.65. The number of nitrogens with one attached hydrogen (secondary N) is 1. The molecule has 0 bridgehead atoms. The number of amides is 1. The van der Waals surface area contributed by atoms with Crippen LogP contribution in [-0.4, -0.2) is 23.7 Å². The largest absolute Gasteiger partial charge is 0.395 e. The number of hydrogen-bond donors (Lipinski definition) is 2. The first-order valence-corrected chi connectivity index (χ1v) is 8.51. The van der Waals surface area contributed by atoms with E-state index in [0.29, 0.717) is 12.5 Å². The van der Waals surface area contributed by atoms with Gasteiger partial charge in [0, 0.05) is 12.5 Å². The van der Waals surface area contributed by atoms with Crippen molar-refractivity contribution < 1.29 is 9.90 Å². The van der Waals surface area contributed by atoms with Crippen LogP contribution in [0.5, 0.6) is 0 Å². The van der Waals surface area contributed by atoms with E-state index >= 15 is 0 Å². The van der Waals surface area contributed by atoms with Crippen LogP contribution in [0.3, 0.4) is 0 Å². The van der Waals surface area contributed by atoms with Crippen LogP contribution in [0.1, 0.15) is 60.0 Å². The van der Waals surface area contributed by atoms with Gasteiger partial charge in [-0.25, -0.2) is 0 Å². The van der Waals surface area contributed by atoms with E-state index < -0.39 is 0 Å². The highest BCUT2D eigenvalue weighted by atomic mass is 32.1. The van der Waals surface area contributed by atoms with Gasteiger partial charge in [0.05, 0.1) is 16.4 Å². The van der Waals surface area contributed by atoms with Crippen molar-refractivity contribution in [2.45, 2.75) is 51.5 Å². The zero-order chi connectivity index (χ0) is 15.1. The molecule has 1 aromatic rings. The van der Waals surface area contributed by atoms with Crippen LogP contribution in [0.15, 0.2) is 12.1 Å². The van der Waals surface area contributed by atoms with Gasteiger partial charge in [0.25, 0.3) is 5.91 Å². The molecule has 2 N–H and O–H groups in total. The van der Waals surface area contributed by atoms with E-state index in [9.17, 15) is 4.79 Å². The molecule has 0 radical (unpaired) electrons. The highest BCUT2D eigenvalue weighted by Gasteiger charge is 2.19. The van der Waals surface area contributed by atoms with E-state index in [1.807, 2.05) is 12.1 Å². The molecule has 2 unspecified atom stereocenters. The average molecular weight is 305 g/mol. The van der Waals surface area contributed by atoms with Gasteiger partial charge in [-0.3, -0.25) is 4.79 Å². The van der Waals surface area contributed by atoms with Gasteiger partial charge in [-0.2, -0.15) is 0 Å². The van der Waals surface area contributed by atoms with Crippen LogP contribution in [-0.2, 0) is 0 Å². The summed E-state index contributed by atoms with van der Waals surface area (Å²) in [6.45, 7) is 2.37.